The van der Waals surface area contributed by atoms with Gasteiger partial charge < -0.3 is 15.2 Å². The average Bonchev–Trinajstić information content (AvgIpc) is 2.46. The number of ether oxygens (including phenoxy) is 2. The van der Waals surface area contributed by atoms with Gasteiger partial charge in [-0.3, -0.25) is 0 Å². The Hall–Kier alpha value is -2.07. The molecule has 1 aliphatic rings. The van der Waals surface area contributed by atoms with Crippen molar-refractivity contribution >= 4 is 0 Å². The monoisotopic (exact) mass is 273 g/mol. The second kappa shape index (κ2) is 5.13. The molecule has 1 heterocycles. The lowest BCUT2D eigenvalue weighted by Gasteiger charge is -2.31. The van der Waals surface area contributed by atoms with Gasteiger partial charge in [0.1, 0.15) is 12.4 Å². The zero-order valence-electron chi connectivity index (χ0n) is 11.2. The fourth-order valence-electron chi connectivity index (χ4n) is 2.33. The van der Waals surface area contributed by atoms with Crippen molar-refractivity contribution in [3.05, 3.63) is 59.4 Å². The van der Waals surface area contributed by atoms with E-state index in [1.807, 2.05) is 31.2 Å². The van der Waals surface area contributed by atoms with Gasteiger partial charge >= 0.3 is 0 Å². The summed E-state index contributed by atoms with van der Waals surface area (Å²) in [6.07, 6.45) is -0.402. The summed E-state index contributed by atoms with van der Waals surface area (Å²) in [4.78, 5) is 0. The minimum atomic E-state index is -0.402. The van der Waals surface area contributed by atoms with Gasteiger partial charge in [-0.1, -0.05) is 24.3 Å². The van der Waals surface area contributed by atoms with Crippen molar-refractivity contribution in [2.75, 3.05) is 6.61 Å². The molecule has 0 spiro atoms. The Morgan fingerprint density at radius 1 is 1.25 bits per heavy atom. The van der Waals surface area contributed by atoms with E-state index >= 15 is 0 Å². The van der Waals surface area contributed by atoms with Crippen molar-refractivity contribution in [2.45, 2.75) is 19.1 Å². The van der Waals surface area contributed by atoms with Gasteiger partial charge in [-0.15, -0.1) is 0 Å². The number of para-hydroxylation sites is 1. The molecule has 2 atom stereocenters. The standard InChI is InChI=1S/C16H16FNO2/c1-10-6-7-12(17)14(8-10)20-15-9-19-13-5-3-2-4-11(13)16(15)18/h2-8,15-16H,9,18H2,1H3. The molecule has 0 amide bonds. The molecule has 2 N–H and O–H groups in total. The molecule has 0 saturated carbocycles. The van der Waals surface area contributed by atoms with Crippen LogP contribution in [0.1, 0.15) is 17.2 Å². The third kappa shape index (κ3) is 2.34. The number of hydrogen-bond acceptors (Lipinski definition) is 3. The summed E-state index contributed by atoms with van der Waals surface area (Å²) in [5, 5.41) is 0. The summed E-state index contributed by atoms with van der Waals surface area (Å²) in [6.45, 7) is 2.20. The highest BCUT2D eigenvalue weighted by molar-refractivity contribution is 5.39. The fourth-order valence-corrected chi connectivity index (χ4v) is 2.33. The zero-order valence-corrected chi connectivity index (χ0v) is 11.2. The molecule has 3 nitrogen and oxygen atoms in total. The van der Waals surface area contributed by atoms with Gasteiger partial charge in [-0.2, -0.15) is 0 Å². The Labute approximate surface area is 117 Å². The maximum atomic E-state index is 13.7. The van der Waals surface area contributed by atoms with Gasteiger partial charge in [0.25, 0.3) is 0 Å². The summed E-state index contributed by atoms with van der Waals surface area (Å²) in [6, 6.07) is 12.0. The van der Waals surface area contributed by atoms with Gasteiger partial charge in [-0.25, -0.2) is 4.39 Å². The molecule has 1 aliphatic heterocycles. The number of hydrogen-bond donors (Lipinski definition) is 1. The smallest absolute Gasteiger partial charge is 0.165 e. The first-order valence-corrected chi connectivity index (χ1v) is 6.55. The lowest BCUT2D eigenvalue weighted by atomic mass is 9.99. The van der Waals surface area contributed by atoms with Crippen LogP contribution in [-0.2, 0) is 0 Å². The molecule has 4 heteroatoms. The molecule has 2 aromatic carbocycles. The molecule has 0 radical (unpaired) electrons. The zero-order chi connectivity index (χ0) is 14.1. The molecule has 0 bridgehead atoms. The molecule has 3 rings (SSSR count). The third-order valence-corrected chi connectivity index (χ3v) is 3.45. The summed E-state index contributed by atoms with van der Waals surface area (Å²) < 4.78 is 25.1. The Morgan fingerprint density at radius 2 is 2.05 bits per heavy atom. The fraction of sp³-hybridized carbons (Fsp3) is 0.250. The first-order valence-electron chi connectivity index (χ1n) is 6.55. The van der Waals surface area contributed by atoms with E-state index < -0.39 is 6.10 Å². The van der Waals surface area contributed by atoms with Crippen LogP contribution in [0.15, 0.2) is 42.5 Å². The van der Waals surface area contributed by atoms with E-state index in [1.54, 1.807) is 12.1 Å². The lowest BCUT2D eigenvalue weighted by molar-refractivity contribution is 0.0842. The van der Waals surface area contributed by atoms with Gasteiger partial charge in [-0.05, 0) is 30.7 Å². The highest BCUT2D eigenvalue weighted by Crippen LogP contribution is 2.32. The van der Waals surface area contributed by atoms with E-state index in [1.165, 1.54) is 6.07 Å². The largest absolute Gasteiger partial charge is 0.489 e. The van der Waals surface area contributed by atoms with Crippen LogP contribution < -0.4 is 15.2 Å². The van der Waals surface area contributed by atoms with Crippen LogP contribution in [-0.4, -0.2) is 12.7 Å². The normalized spacial score (nSPS) is 20.9. The summed E-state index contributed by atoms with van der Waals surface area (Å²) in [5.41, 5.74) is 8.02. The molecule has 0 aromatic heterocycles. The molecular formula is C16H16FNO2. The van der Waals surface area contributed by atoms with E-state index in [4.69, 9.17) is 15.2 Å². The van der Waals surface area contributed by atoms with Crippen LogP contribution in [0.2, 0.25) is 0 Å². The van der Waals surface area contributed by atoms with E-state index in [0.717, 1.165) is 16.9 Å². The van der Waals surface area contributed by atoms with Gasteiger partial charge in [0.2, 0.25) is 0 Å². The highest BCUT2D eigenvalue weighted by atomic mass is 19.1. The molecule has 2 aromatic rings. The van der Waals surface area contributed by atoms with Crippen LogP contribution in [0.4, 0.5) is 4.39 Å². The first-order chi connectivity index (χ1) is 9.65. The number of aryl methyl sites for hydroxylation is 1. The molecule has 0 fully saturated rings. The molecule has 2 unspecified atom stereocenters. The average molecular weight is 273 g/mol. The van der Waals surface area contributed by atoms with Crippen molar-refractivity contribution in [2.24, 2.45) is 5.73 Å². The minimum Gasteiger partial charge on any atom is -0.489 e. The van der Waals surface area contributed by atoms with Crippen LogP contribution in [0, 0.1) is 12.7 Å². The number of benzene rings is 2. The van der Waals surface area contributed by atoms with E-state index in [-0.39, 0.29) is 17.6 Å². The number of rotatable bonds is 2. The van der Waals surface area contributed by atoms with Crippen LogP contribution in [0.5, 0.6) is 11.5 Å². The Balaban J connectivity index is 1.84. The van der Waals surface area contributed by atoms with Crippen molar-refractivity contribution in [1.29, 1.82) is 0 Å². The maximum Gasteiger partial charge on any atom is 0.165 e. The van der Waals surface area contributed by atoms with Gasteiger partial charge in [0.15, 0.2) is 17.7 Å². The number of halogens is 1. The highest BCUT2D eigenvalue weighted by Gasteiger charge is 2.30. The van der Waals surface area contributed by atoms with Gasteiger partial charge in [0, 0.05) is 5.56 Å². The Kier molecular flexibility index (Phi) is 3.32. The number of fused-ring (bicyclic) bond motifs is 1. The van der Waals surface area contributed by atoms with Crippen LogP contribution in [0.3, 0.4) is 0 Å². The second-order valence-electron chi connectivity index (χ2n) is 4.96. The summed E-state index contributed by atoms with van der Waals surface area (Å²) in [7, 11) is 0. The van der Waals surface area contributed by atoms with E-state index in [0.29, 0.717) is 6.61 Å². The minimum absolute atomic E-state index is 0.216. The topological polar surface area (TPSA) is 44.5 Å². The molecule has 20 heavy (non-hydrogen) atoms. The summed E-state index contributed by atoms with van der Waals surface area (Å²) >= 11 is 0. The third-order valence-electron chi connectivity index (χ3n) is 3.45. The molecular weight excluding hydrogens is 257 g/mol. The molecule has 104 valence electrons. The predicted octanol–water partition coefficient (Wildman–Crippen LogP) is 2.97. The lowest BCUT2D eigenvalue weighted by Crippen LogP contribution is -2.40. The molecule has 0 aliphatic carbocycles. The Morgan fingerprint density at radius 3 is 2.90 bits per heavy atom. The Bertz CT molecular complexity index is 630. The van der Waals surface area contributed by atoms with Crippen molar-refractivity contribution < 1.29 is 13.9 Å². The quantitative estimate of drug-likeness (QED) is 0.915. The SMILES string of the molecule is Cc1ccc(F)c(OC2COc3ccccc3C2N)c1. The van der Waals surface area contributed by atoms with Crippen molar-refractivity contribution in [3.8, 4) is 11.5 Å². The van der Waals surface area contributed by atoms with E-state index in [9.17, 15) is 4.39 Å². The maximum absolute atomic E-state index is 13.7. The van der Waals surface area contributed by atoms with Crippen molar-refractivity contribution in [1.82, 2.24) is 0 Å². The van der Waals surface area contributed by atoms with Crippen LogP contribution in [0.25, 0.3) is 0 Å². The van der Waals surface area contributed by atoms with E-state index in [2.05, 4.69) is 0 Å². The number of nitrogens with two attached hydrogens (primary N) is 1. The van der Waals surface area contributed by atoms with Crippen LogP contribution >= 0.6 is 0 Å². The molecule has 0 saturated heterocycles. The predicted molar refractivity (Wildman–Crippen MR) is 74.4 cm³/mol. The van der Waals surface area contributed by atoms with Crippen molar-refractivity contribution in [3.63, 3.8) is 0 Å². The summed E-state index contributed by atoms with van der Waals surface area (Å²) in [5.74, 6) is 0.597. The van der Waals surface area contributed by atoms with Gasteiger partial charge in [0.05, 0.1) is 6.04 Å². The second-order valence-corrected chi connectivity index (χ2v) is 4.96. The first kappa shape index (κ1) is 12.9.